The van der Waals surface area contributed by atoms with Crippen LogP contribution in [0.15, 0.2) is 47.8 Å². The molecular weight excluding hydrogens is 410 g/mol. The van der Waals surface area contributed by atoms with Gasteiger partial charge in [0, 0.05) is 12.3 Å². The second-order valence-electron chi connectivity index (χ2n) is 5.63. The first kappa shape index (κ1) is 19.9. The highest BCUT2D eigenvalue weighted by atomic mass is 35.5. The molecule has 0 atom stereocenters. The van der Waals surface area contributed by atoms with Crippen LogP contribution < -0.4 is 4.90 Å². The molecule has 1 aromatic heterocycles. The van der Waals surface area contributed by atoms with Gasteiger partial charge in [-0.1, -0.05) is 23.7 Å². The molecule has 2 aromatic carbocycles. The predicted octanol–water partition coefficient (Wildman–Crippen LogP) is 5.12. The molecule has 0 saturated heterocycles. The summed E-state index contributed by atoms with van der Waals surface area (Å²) in [6, 6.07) is 9.17. The monoisotopic (exact) mass is 422 g/mol. The number of hydrogen-bond donors (Lipinski definition) is 0. The highest BCUT2D eigenvalue weighted by molar-refractivity contribution is 7.14. The summed E-state index contributed by atoms with van der Waals surface area (Å²) in [5, 5.41) is 1.76. The van der Waals surface area contributed by atoms with Gasteiger partial charge < -0.3 is 4.74 Å². The highest BCUT2D eigenvalue weighted by Gasteiger charge is 2.21. The van der Waals surface area contributed by atoms with Crippen LogP contribution in [-0.2, 0) is 16.1 Å². The van der Waals surface area contributed by atoms with Gasteiger partial charge in [-0.15, -0.1) is 11.3 Å². The number of esters is 1. The molecule has 3 aromatic rings. The summed E-state index contributed by atoms with van der Waals surface area (Å²) >= 11 is 6.94. The number of hydrogen-bond acceptors (Lipinski definition) is 5. The number of ether oxygens (including phenoxy) is 1. The smallest absolute Gasteiger partial charge is 0.340 e. The van der Waals surface area contributed by atoms with E-state index in [2.05, 4.69) is 4.98 Å². The third-order valence-electron chi connectivity index (χ3n) is 3.64. The number of rotatable bonds is 5. The van der Waals surface area contributed by atoms with Crippen LogP contribution in [0.3, 0.4) is 0 Å². The lowest BCUT2D eigenvalue weighted by Gasteiger charge is -2.18. The molecule has 0 N–H and O–H groups in total. The molecule has 1 amide bonds. The Morgan fingerprint density at radius 2 is 1.96 bits per heavy atom. The van der Waals surface area contributed by atoms with Gasteiger partial charge in [-0.2, -0.15) is 0 Å². The van der Waals surface area contributed by atoms with Crippen LogP contribution in [-0.4, -0.2) is 16.9 Å². The Bertz CT molecular complexity index is 1040. The minimum absolute atomic E-state index is 0.0234. The zero-order valence-corrected chi connectivity index (χ0v) is 16.1. The van der Waals surface area contributed by atoms with E-state index in [1.54, 1.807) is 11.4 Å². The molecule has 9 heteroatoms. The number of halogens is 3. The quantitative estimate of drug-likeness (QED) is 0.536. The van der Waals surface area contributed by atoms with E-state index >= 15 is 0 Å². The van der Waals surface area contributed by atoms with Gasteiger partial charge in [0.05, 0.1) is 22.0 Å². The Hall–Kier alpha value is -2.84. The van der Waals surface area contributed by atoms with Crippen molar-refractivity contribution in [1.82, 2.24) is 4.98 Å². The minimum atomic E-state index is -0.739. The van der Waals surface area contributed by atoms with Crippen LogP contribution in [0.5, 0.6) is 0 Å². The van der Waals surface area contributed by atoms with Crippen molar-refractivity contribution in [2.24, 2.45) is 0 Å². The van der Waals surface area contributed by atoms with Crippen molar-refractivity contribution in [3.05, 3.63) is 75.8 Å². The van der Waals surface area contributed by atoms with Crippen molar-refractivity contribution in [1.29, 1.82) is 0 Å². The van der Waals surface area contributed by atoms with Gasteiger partial charge in [0.15, 0.2) is 5.13 Å². The highest BCUT2D eigenvalue weighted by Crippen LogP contribution is 2.31. The fourth-order valence-electron chi connectivity index (χ4n) is 2.38. The third kappa shape index (κ3) is 4.35. The number of benzene rings is 2. The average molecular weight is 423 g/mol. The van der Waals surface area contributed by atoms with Crippen LogP contribution in [0.25, 0.3) is 0 Å². The molecule has 0 aliphatic heterocycles. The molecule has 1 heterocycles. The molecule has 3 rings (SSSR count). The van der Waals surface area contributed by atoms with E-state index in [9.17, 15) is 18.4 Å². The lowest BCUT2D eigenvalue weighted by atomic mass is 10.2. The van der Waals surface area contributed by atoms with Gasteiger partial charge in [0.1, 0.15) is 18.2 Å². The van der Waals surface area contributed by atoms with Crippen LogP contribution in [0, 0.1) is 11.6 Å². The Morgan fingerprint density at radius 3 is 2.64 bits per heavy atom. The number of para-hydroxylation sites is 1. The van der Waals surface area contributed by atoms with Gasteiger partial charge in [-0.3, -0.25) is 9.69 Å². The first-order valence-electron chi connectivity index (χ1n) is 7.98. The predicted molar refractivity (Wildman–Crippen MR) is 102 cm³/mol. The third-order valence-corrected chi connectivity index (χ3v) is 4.83. The van der Waals surface area contributed by atoms with E-state index in [1.165, 1.54) is 31.2 Å². The van der Waals surface area contributed by atoms with E-state index in [1.807, 2.05) is 0 Å². The summed E-state index contributed by atoms with van der Waals surface area (Å²) < 4.78 is 32.3. The second-order valence-corrected chi connectivity index (χ2v) is 6.87. The van der Waals surface area contributed by atoms with Crippen molar-refractivity contribution in [2.75, 3.05) is 4.90 Å². The van der Waals surface area contributed by atoms with Crippen LogP contribution in [0.4, 0.5) is 19.6 Å². The topological polar surface area (TPSA) is 59.5 Å². The number of aromatic nitrogens is 1. The maximum Gasteiger partial charge on any atom is 0.340 e. The molecule has 28 heavy (non-hydrogen) atoms. The maximum absolute atomic E-state index is 14.1. The number of carbonyl (C=O) groups is 2. The molecule has 0 bridgehead atoms. The van der Waals surface area contributed by atoms with Crippen molar-refractivity contribution in [3.8, 4) is 0 Å². The summed E-state index contributed by atoms with van der Waals surface area (Å²) in [4.78, 5) is 29.5. The molecular formula is C19H13ClF2N2O3S. The van der Waals surface area contributed by atoms with Crippen molar-refractivity contribution < 1.29 is 23.1 Å². The van der Waals surface area contributed by atoms with E-state index < -0.39 is 23.5 Å². The fourth-order valence-corrected chi connectivity index (χ4v) is 3.49. The molecule has 144 valence electrons. The summed E-state index contributed by atoms with van der Waals surface area (Å²) in [5.41, 5.74) is 0.468. The number of carbonyl (C=O) groups excluding carboxylic acids is 2. The SMILES string of the molecule is CC(=O)N(c1nc(COC(=O)c2ccc(F)cc2Cl)cs1)c1ccccc1F. The van der Waals surface area contributed by atoms with Gasteiger partial charge in [0.25, 0.3) is 0 Å². The maximum atomic E-state index is 14.1. The lowest BCUT2D eigenvalue weighted by molar-refractivity contribution is -0.115. The first-order chi connectivity index (χ1) is 13.4. The normalized spacial score (nSPS) is 10.6. The lowest BCUT2D eigenvalue weighted by Crippen LogP contribution is -2.23. The first-order valence-corrected chi connectivity index (χ1v) is 9.24. The van der Waals surface area contributed by atoms with Gasteiger partial charge in [-0.25, -0.2) is 18.6 Å². The van der Waals surface area contributed by atoms with E-state index in [0.717, 1.165) is 28.4 Å². The van der Waals surface area contributed by atoms with Crippen LogP contribution in [0.1, 0.15) is 23.0 Å². The molecule has 0 aliphatic rings. The number of nitrogens with zero attached hydrogens (tertiary/aromatic N) is 2. The molecule has 0 radical (unpaired) electrons. The minimum Gasteiger partial charge on any atom is -0.456 e. The second kappa shape index (κ2) is 8.45. The molecule has 0 spiro atoms. The van der Waals surface area contributed by atoms with Crippen molar-refractivity contribution >= 4 is 45.6 Å². The Labute approximate surface area is 168 Å². The van der Waals surface area contributed by atoms with Gasteiger partial charge in [0.2, 0.25) is 5.91 Å². The largest absolute Gasteiger partial charge is 0.456 e. The summed E-state index contributed by atoms with van der Waals surface area (Å²) in [7, 11) is 0. The van der Waals surface area contributed by atoms with Gasteiger partial charge in [-0.05, 0) is 30.3 Å². The van der Waals surface area contributed by atoms with Crippen molar-refractivity contribution in [3.63, 3.8) is 0 Å². The average Bonchev–Trinajstić information content (AvgIpc) is 3.10. The Balaban J connectivity index is 1.75. The molecule has 0 unspecified atom stereocenters. The molecule has 0 aliphatic carbocycles. The number of thiazole rings is 1. The summed E-state index contributed by atoms with van der Waals surface area (Å²) in [6.07, 6.45) is 0. The fraction of sp³-hybridized carbons (Fsp3) is 0.105. The number of amides is 1. The number of anilines is 2. The molecule has 5 nitrogen and oxygen atoms in total. The van der Waals surface area contributed by atoms with Gasteiger partial charge >= 0.3 is 5.97 Å². The Morgan fingerprint density at radius 1 is 1.21 bits per heavy atom. The molecule has 0 fully saturated rings. The van der Waals surface area contributed by atoms with Crippen LogP contribution in [0.2, 0.25) is 5.02 Å². The zero-order valence-electron chi connectivity index (χ0n) is 14.5. The summed E-state index contributed by atoms with van der Waals surface area (Å²) in [6.45, 7) is 1.11. The van der Waals surface area contributed by atoms with E-state index in [0.29, 0.717) is 5.69 Å². The van der Waals surface area contributed by atoms with Crippen molar-refractivity contribution in [2.45, 2.75) is 13.5 Å². The Kier molecular flexibility index (Phi) is 6.01. The zero-order chi connectivity index (χ0) is 20.3. The van der Waals surface area contributed by atoms with E-state index in [4.69, 9.17) is 16.3 Å². The van der Waals surface area contributed by atoms with E-state index in [-0.39, 0.29) is 28.0 Å². The standard InChI is InChI=1S/C19H13ClF2N2O3S/c1-11(25)24(17-5-3-2-4-16(17)22)19-23-13(10-28-19)9-27-18(26)14-7-6-12(21)8-15(14)20/h2-8,10H,9H2,1H3. The van der Waals surface area contributed by atoms with Crippen LogP contribution >= 0.6 is 22.9 Å². The molecule has 0 saturated carbocycles. The summed E-state index contributed by atoms with van der Waals surface area (Å²) in [5.74, 6) is -2.28.